The molecule has 0 saturated carbocycles. The molecule has 0 fully saturated rings. The minimum atomic E-state index is -0.256. The summed E-state index contributed by atoms with van der Waals surface area (Å²) in [7, 11) is 1.91. The lowest BCUT2D eigenvalue weighted by Crippen LogP contribution is -2.09. The molecule has 4 aromatic rings. The van der Waals surface area contributed by atoms with Crippen LogP contribution in [0.4, 0.5) is 4.39 Å². The van der Waals surface area contributed by atoms with Crippen molar-refractivity contribution in [1.82, 2.24) is 19.9 Å². The van der Waals surface area contributed by atoms with Crippen LogP contribution in [0.15, 0.2) is 67.0 Å². The number of pyridine rings is 2. The smallest absolute Gasteiger partial charge is 0.123 e. The highest BCUT2D eigenvalue weighted by Gasteiger charge is 2.17. The van der Waals surface area contributed by atoms with Crippen LogP contribution in [0.2, 0.25) is 0 Å². The van der Waals surface area contributed by atoms with E-state index in [1.807, 2.05) is 35.8 Å². The second-order valence-electron chi connectivity index (χ2n) is 5.81. The van der Waals surface area contributed by atoms with E-state index in [1.54, 1.807) is 24.5 Å². The van der Waals surface area contributed by atoms with Gasteiger partial charge in [0.05, 0.1) is 11.2 Å². The summed E-state index contributed by atoms with van der Waals surface area (Å²) in [5.74, 6) is -0.256. The molecule has 0 radical (unpaired) electrons. The summed E-state index contributed by atoms with van der Waals surface area (Å²) in [6.45, 7) is 0.706. The van der Waals surface area contributed by atoms with Gasteiger partial charge in [-0.25, -0.2) is 8.91 Å². The molecule has 4 rings (SSSR count). The lowest BCUT2D eigenvalue weighted by atomic mass is 10.0. The predicted molar refractivity (Wildman–Crippen MR) is 96.6 cm³/mol. The molecule has 1 N–H and O–H groups in total. The molecule has 3 heterocycles. The van der Waals surface area contributed by atoms with Crippen LogP contribution in [-0.4, -0.2) is 21.6 Å². The van der Waals surface area contributed by atoms with E-state index in [2.05, 4.69) is 16.4 Å². The summed E-state index contributed by atoms with van der Waals surface area (Å²) < 4.78 is 15.3. The van der Waals surface area contributed by atoms with Gasteiger partial charge in [-0.1, -0.05) is 6.07 Å². The first-order chi connectivity index (χ1) is 12.3. The van der Waals surface area contributed by atoms with Crippen LogP contribution in [-0.2, 0) is 6.54 Å². The fourth-order valence-electron chi connectivity index (χ4n) is 3.05. The minimum Gasteiger partial charge on any atom is -0.314 e. The van der Waals surface area contributed by atoms with Crippen molar-refractivity contribution in [3.05, 3.63) is 78.5 Å². The van der Waals surface area contributed by atoms with E-state index in [0.717, 1.165) is 33.6 Å². The highest BCUT2D eigenvalue weighted by atomic mass is 19.1. The number of nitrogens with one attached hydrogen (secondary N) is 1. The molecule has 0 spiro atoms. The Morgan fingerprint density at radius 1 is 0.960 bits per heavy atom. The predicted octanol–water partition coefficient (Wildman–Crippen LogP) is 3.92. The Morgan fingerprint density at radius 2 is 1.72 bits per heavy atom. The van der Waals surface area contributed by atoms with Gasteiger partial charge < -0.3 is 5.32 Å². The van der Waals surface area contributed by atoms with Crippen LogP contribution >= 0.6 is 0 Å². The summed E-state index contributed by atoms with van der Waals surface area (Å²) in [5.41, 5.74) is 5.84. The Labute approximate surface area is 145 Å². The zero-order valence-electron chi connectivity index (χ0n) is 13.8. The Kier molecular flexibility index (Phi) is 3.99. The highest BCUT2D eigenvalue weighted by molar-refractivity contribution is 5.92. The van der Waals surface area contributed by atoms with Gasteiger partial charge in [-0.15, -0.1) is 0 Å². The van der Waals surface area contributed by atoms with Gasteiger partial charge in [0.2, 0.25) is 0 Å². The minimum absolute atomic E-state index is 0.256. The lowest BCUT2D eigenvalue weighted by Gasteiger charge is -2.05. The zero-order chi connectivity index (χ0) is 17.2. The van der Waals surface area contributed by atoms with Crippen molar-refractivity contribution in [3.63, 3.8) is 0 Å². The Morgan fingerprint density at radius 3 is 2.44 bits per heavy atom. The number of halogens is 1. The van der Waals surface area contributed by atoms with Gasteiger partial charge in [0.1, 0.15) is 11.5 Å². The molecule has 0 unspecified atom stereocenters. The molecule has 0 amide bonds. The van der Waals surface area contributed by atoms with Crippen molar-refractivity contribution < 1.29 is 4.39 Å². The molecule has 0 aliphatic carbocycles. The number of hydrogen-bond acceptors (Lipinski definition) is 3. The van der Waals surface area contributed by atoms with Crippen LogP contribution in [0.1, 0.15) is 5.69 Å². The van der Waals surface area contributed by atoms with Crippen LogP contribution in [0.5, 0.6) is 0 Å². The van der Waals surface area contributed by atoms with E-state index in [0.29, 0.717) is 6.54 Å². The average molecular weight is 332 g/mol. The fourth-order valence-corrected chi connectivity index (χ4v) is 3.05. The van der Waals surface area contributed by atoms with Gasteiger partial charge in [0, 0.05) is 30.1 Å². The first-order valence-corrected chi connectivity index (χ1v) is 8.09. The van der Waals surface area contributed by atoms with Crippen LogP contribution in [0.3, 0.4) is 0 Å². The molecule has 3 aromatic heterocycles. The van der Waals surface area contributed by atoms with Crippen LogP contribution in [0, 0.1) is 5.82 Å². The molecule has 4 nitrogen and oxygen atoms in total. The number of hydrogen-bond donors (Lipinski definition) is 1. The van der Waals surface area contributed by atoms with E-state index >= 15 is 0 Å². The first-order valence-electron chi connectivity index (χ1n) is 8.09. The summed E-state index contributed by atoms with van der Waals surface area (Å²) in [6, 6.07) is 16.5. The van der Waals surface area contributed by atoms with Crippen molar-refractivity contribution in [2.45, 2.75) is 6.54 Å². The SMILES string of the molecule is CNCc1cccc2c(-c3ccncc3)c(-c3ccc(F)cc3)nn12. The Hall–Kier alpha value is -3.05. The first kappa shape index (κ1) is 15.5. The molecule has 25 heavy (non-hydrogen) atoms. The lowest BCUT2D eigenvalue weighted by molar-refractivity contribution is 0.628. The monoisotopic (exact) mass is 332 g/mol. The van der Waals surface area contributed by atoms with Gasteiger partial charge in [-0.05, 0) is 61.1 Å². The zero-order valence-corrected chi connectivity index (χ0v) is 13.8. The molecular formula is C20H17FN4. The number of nitrogens with zero attached hydrogens (tertiary/aromatic N) is 3. The van der Waals surface area contributed by atoms with Crippen molar-refractivity contribution in [2.75, 3.05) is 7.05 Å². The normalized spacial score (nSPS) is 11.1. The summed E-state index contributed by atoms with van der Waals surface area (Å²) in [6.07, 6.45) is 3.54. The summed E-state index contributed by atoms with van der Waals surface area (Å²) >= 11 is 0. The van der Waals surface area contributed by atoms with Crippen LogP contribution in [0.25, 0.3) is 27.9 Å². The van der Waals surface area contributed by atoms with Gasteiger partial charge in [0.15, 0.2) is 0 Å². The number of benzene rings is 1. The summed E-state index contributed by atoms with van der Waals surface area (Å²) in [4.78, 5) is 4.11. The van der Waals surface area contributed by atoms with Gasteiger partial charge in [-0.3, -0.25) is 4.98 Å². The van der Waals surface area contributed by atoms with Crippen LogP contribution < -0.4 is 5.32 Å². The average Bonchev–Trinajstić information content (AvgIpc) is 3.04. The van der Waals surface area contributed by atoms with Crippen molar-refractivity contribution in [2.24, 2.45) is 0 Å². The van der Waals surface area contributed by atoms with Gasteiger partial charge in [0.25, 0.3) is 0 Å². The van der Waals surface area contributed by atoms with E-state index in [4.69, 9.17) is 5.10 Å². The molecule has 0 saturated heterocycles. The Bertz CT molecular complexity index is 1010. The molecule has 0 aliphatic heterocycles. The third-order valence-electron chi connectivity index (χ3n) is 4.18. The number of rotatable bonds is 4. The van der Waals surface area contributed by atoms with E-state index in [1.165, 1.54) is 12.1 Å². The maximum atomic E-state index is 13.4. The van der Waals surface area contributed by atoms with Crippen molar-refractivity contribution in [3.8, 4) is 22.4 Å². The second kappa shape index (κ2) is 6.45. The maximum Gasteiger partial charge on any atom is 0.123 e. The van der Waals surface area contributed by atoms with Gasteiger partial charge >= 0.3 is 0 Å². The quantitative estimate of drug-likeness (QED) is 0.616. The van der Waals surface area contributed by atoms with E-state index in [9.17, 15) is 4.39 Å². The molecule has 0 aliphatic rings. The summed E-state index contributed by atoms with van der Waals surface area (Å²) in [5, 5.41) is 8.01. The maximum absolute atomic E-state index is 13.4. The Balaban J connectivity index is 2.03. The van der Waals surface area contributed by atoms with Gasteiger partial charge in [-0.2, -0.15) is 5.10 Å². The topological polar surface area (TPSA) is 42.2 Å². The molecule has 0 atom stereocenters. The second-order valence-corrected chi connectivity index (χ2v) is 5.81. The standard InChI is InChI=1S/C20H17FN4/c1-22-13-17-3-2-4-18-19(14-9-11-23-12-10-14)20(24-25(17)18)15-5-7-16(21)8-6-15/h2-12,22H,13H2,1H3. The molecule has 5 heteroatoms. The third-order valence-corrected chi connectivity index (χ3v) is 4.18. The molecule has 0 bridgehead atoms. The molecular weight excluding hydrogens is 315 g/mol. The number of fused-ring (bicyclic) bond motifs is 1. The van der Waals surface area contributed by atoms with Crippen molar-refractivity contribution in [1.29, 1.82) is 0 Å². The molecule has 1 aromatic carbocycles. The third kappa shape index (κ3) is 2.79. The molecule has 124 valence electrons. The van der Waals surface area contributed by atoms with E-state index in [-0.39, 0.29) is 5.82 Å². The van der Waals surface area contributed by atoms with E-state index < -0.39 is 0 Å². The fraction of sp³-hybridized carbons (Fsp3) is 0.100. The highest BCUT2D eigenvalue weighted by Crippen LogP contribution is 2.35. The largest absolute Gasteiger partial charge is 0.314 e. The van der Waals surface area contributed by atoms with Crippen molar-refractivity contribution >= 4 is 5.52 Å². The number of aromatic nitrogens is 3.